The van der Waals surface area contributed by atoms with Crippen LogP contribution < -0.4 is 5.73 Å². The normalized spacial score (nSPS) is 29.8. The standard InChI is InChI=1S/C33H43NO13/c1-13(36)8-22(44-14(2)12-35)47-32-15(3)45-23(9-19(32)34)46-21-11-33(43,16(4)37)10-18-25(21)31(42)27-26(29(18)40)28(39)17-6-5-7-20(38)24(17)30(27)41/h5-7,13-16,19,21-23,32,35-38,40,42-43H,8-12,34H2,1-4H3/t13?,14?,15?,16?,19?,21-,22?,23-,32+,33-/m0/s1. The number of fused-ring (bicyclic) bond motifs is 3. The maximum absolute atomic E-state index is 13.6. The molecule has 1 aliphatic heterocycles. The van der Waals surface area contributed by atoms with E-state index in [9.17, 15) is 45.3 Å². The van der Waals surface area contributed by atoms with E-state index in [1.807, 2.05) is 0 Å². The summed E-state index contributed by atoms with van der Waals surface area (Å²) in [5.74, 6) is -3.48. The van der Waals surface area contributed by atoms with Crippen molar-refractivity contribution in [1.82, 2.24) is 0 Å². The van der Waals surface area contributed by atoms with Crippen LogP contribution in [0, 0.1) is 0 Å². The minimum absolute atomic E-state index is 0.0429. The zero-order chi connectivity index (χ0) is 34.5. The predicted octanol–water partition coefficient (Wildman–Crippen LogP) is 1.04. The molecule has 14 nitrogen and oxygen atoms in total. The molecule has 3 aliphatic rings. The van der Waals surface area contributed by atoms with Crippen molar-refractivity contribution in [3.8, 4) is 17.2 Å². The van der Waals surface area contributed by atoms with E-state index in [0.29, 0.717) is 0 Å². The lowest BCUT2D eigenvalue weighted by Crippen LogP contribution is -2.55. The molecule has 0 spiro atoms. The summed E-state index contributed by atoms with van der Waals surface area (Å²) in [5.41, 5.74) is 3.00. The second kappa shape index (κ2) is 13.4. The van der Waals surface area contributed by atoms with Gasteiger partial charge >= 0.3 is 0 Å². The van der Waals surface area contributed by atoms with Gasteiger partial charge in [-0.2, -0.15) is 0 Å². The zero-order valence-electron chi connectivity index (χ0n) is 26.6. The van der Waals surface area contributed by atoms with Crippen molar-refractivity contribution in [2.45, 2.75) is 114 Å². The number of carbonyl (C=O) groups is 2. The SMILES string of the molecule is CC(O)CC(OC(C)CO)O[C@H]1C(N)C[C@H](O[C@H]2C[C@](O)(C(C)O)Cc3c(O)c4c(c(O)c32)C(=O)c2c(O)cccc2C4=O)OC1C. The number of rotatable bonds is 10. The lowest BCUT2D eigenvalue weighted by Gasteiger charge is -2.44. The van der Waals surface area contributed by atoms with E-state index in [2.05, 4.69) is 0 Å². The first-order valence-electron chi connectivity index (χ1n) is 15.7. The van der Waals surface area contributed by atoms with Crippen molar-refractivity contribution in [2.24, 2.45) is 5.73 Å². The highest BCUT2D eigenvalue weighted by Gasteiger charge is 2.49. The van der Waals surface area contributed by atoms with E-state index in [4.69, 9.17) is 24.7 Å². The average Bonchev–Trinajstić information content (AvgIpc) is 2.98. The highest BCUT2D eigenvalue weighted by atomic mass is 16.7. The number of phenolic OH excluding ortho intramolecular Hbond substituents is 3. The molecule has 5 rings (SSSR count). The summed E-state index contributed by atoms with van der Waals surface area (Å²) in [6.07, 6.45) is -7.85. The van der Waals surface area contributed by atoms with Crippen LogP contribution in [0.4, 0.5) is 0 Å². The van der Waals surface area contributed by atoms with Crippen molar-refractivity contribution in [1.29, 1.82) is 0 Å². The Kier molecular flexibility index (Phi) is 10.0. The van der Waals surface area contributed by atoms with Gasteiger partial charge in [-0.3, -0.25) is 9.59 Å². The molecule has 9 N–H and O–H groups in total. The molecule has 6 unspecified atom stereocenters. The van der Waals surface area contributed by atoms with Crippen molar-refractivity contribution in [2.75, 3.05) is 6.61 Å². The molecule has 10 atom stereocenters. The summed E-state index contributed by atoms with van der Waals surface area (Å²) in [7, 11) is 0. The molecular formula is C33H43NO13. The summed E-state index contributed by atoms with van der Waals surface area (Å²) in [5, 5.41) is 74.9. The third kappa shape index (κ3) is 6.49. The first-order chi connectivity index (χ1) is 22.1. The number of nitrogens with two attached hydrogens (primary N) is 1. The maximum Gasteiger partial charge on any atom is 0.202 e. The van der Waals surface area contributed by atoms with Gasteiger partial charge in [-0.05, 0) is 33.8 Å². The topological polar surface area (TPSA) is 239 Å². The average molecular weight is 662 g/mol. The van der Waals surface area contributed by atoms with Gasteiger partial charge in [0.05, 0.1) is 59.4 Å². The Hall–Kier alpha value is -3.18. The molecule has 2 aromatic carbocycles. The smallest absolute Gasteiger partial charge is 0.202 e. The predicted molar refractivity (Wildman–Crippen MR) is 163 cm³/mol. The second-order valence-corrected chi connectivity index (χ2v) is 12.9. The first-order valence-corrected chi connectivity index (χ1v) is 15.7. The molecule has 47 heavy (non-hydrogen) atoms. The Morgan fingerprint density at radius 3 is 2.34 bits per heavy atom. The molecule has 1 heterocycles. The number of aliphatic hydroxyl groups is 4. The quantitative estimate of drug-likeness (QED) is 0.112. The van der Waals surface area contributed by atoms with Crippen molar-refractivity contribution >= 4 is 11.6 Å². The van der Waals surface area contributed by atoms with Gasteiger partial charge in [-0.15, -0.1) is 0 Å². The molecule has 0 bridgehead atoms. The van der Waals surface area contributed by atoms with E-state index in [1.165, 1.54) is 25.1 Å². The lowest BCUT2D eigenvalue weighted by molar-refractivity contribution is -0.286. The minimum atomic E-state index is -1.88. The van der Waals surface area contributed by atoms with Gasteiger partial charge in [0, 0.05) is 48.4 Å². The van der Waals surface area contributed by atoms with Crippen LogP contribution in [-0.4, -0.2) is 109 Å². The Balaban J connectivity index is 1.48. The van der Waals surface area contributed by atoms with Crippen LogP contribution in [0.15, 0.2) is 18.2 Å². The van der Waals surface area contributed by atoms with Gasteiger partial charge in [0.15, 0.2) is 18.4 Å². The Morgan fingerprint density at radius 1 is 1.04 bits per heavy atom. The molecule has 1 fully saturated rings. The fourth-order valence-corrected chi connectivity index (χ4v) is 6.68. The summed E-state index contributed by atoms with van der Waals surface area (Å²) in [6.45, 7) is 5.99. The zero-order valence-corrected chi connectivity index (χ0v) is 26.6. The van der Waals surface area contributed by atoms with E-state index in [0.717, 1.165) is 0 Å². The van der Waals surface area contributed by atoms with Gasteiger partial charge in [-0.1, -0.05) is 12.1 Å². The molecule has 2 aromatic rings. The Morgan fingerprint density at radius 2 is 1.72 bits per heavy atom. The summed E-state index contributed by atoms with van der Waals surface area (Å²) < 4.78 is 24.2. The van der Waals surface area contributed by atoms with Crippen molar-refractivity contribution in [3.63, 3.8) is 0 Å². The van der Waals surface area contributed by atoms with E-state index < -0.39 is 101 Å². The van der Waals surface area contributed by atoms with E-state index in [1.54, 1.807) is 20.8 Å². The second-order valence-electron chi connectivity index (χ2n) is 12.9. The number of aromatic hydroxyl groups is 3. The number of aliphatic hydroxyl groups excluding tert-OH is 3. The summed E-state index contributed by atoms with van der Waals surface area (Å²) in [4.78, 5) is 27.1. The third-order valence-corrected chi connectivity index (χ3v) is 9.19. The van der Waals surface area contributed by atoms with Crippen LogP contribution in [0.5, 0.6) is 17.2 Å². The summed E-state index contributed by atoms with van der Waals surface area (Å²) in [6, 6.07) is 3.22. The van der Waals surface area contributed by atoms with Gasteiger partial charge in [0.2, 0.25) is 5.78 Å². The van der Waals surface area contributed by atoms with Crippen LogP contribution in [0.1, 0.15) is 96.0 Å². The molecule has 0 aromatic heterocycles. The van der Waals surface area contributed by atoms with Gasteiger partial charge in [0.1, 0.15) is 23.4 Å². The van der Waals surface area contributed by atoms with Crippen molar-refractivity contribution in [3.05, 3.63) is 51.6 Å². The number of benzene rings is 2. The molecule has 2 aliphatic carbocycles. The Bertz CT molecular complexity index is 1510. The van der Waals surface area contributed by atoms with Crippen LogP contribution in [0.25, 0.3) is 0 Å². The molecule has 258 valence electrons. The molecular weight excluding hydrogens is 618 g/mol. The van der Waals surface area contributed by atoms with E-state index in [-0.39, 0.29) is 54.5 Å². The fourth-order valence-electron chi connectivity index (χ4n) is 6.68. The fraction of sp³-hybridized carbons (Fsp3) is 0.576. The number of carbonyl (C=O) groups excluding carboxylic acids is 2. The van der Waals surface area contributed by atoms with Gasteiger partial charge in [0.25, 0.3) is 0 Å². The number of ether oxygens (including phenoxy) is 4. The molecule has 0 amide bonds. The van der Waals surface area contributed by atoms with Crippen LogP contribution in [0.2, 0.25) is 0 Å². The molecule has 1 saturated heterocycles. The monoisotopic (exact) mass is 661 g/mol. The third-order valence-electron chi connectivity index (χ3n) is 9.19. The van der Waals surface area contributed by atoms with Crippen LogP contribution in [-0.2, 0) is 25.4 Å². The van der Waals surface area contributed by atoms with E-state index >= 15 is 0 Å². The Labute approximate surface area is 271 Å². The number of hydrogen-bond donors (Lipinski definition) is 8. The van der Waals surface area contributed by atoms with Crippen LogP contribution >= 0.6 is 0 Å². The first kappa shape index (κ1) is 35.1. The lowest BCUT2D eigenvalue weighted by atomic mass is 9.71. The highest BCUT2D eigenvalue weighted by molar-refractivity contribution is 6.31. The minimum Gasteiger partial charge on any atom is -0.507 e. The maximum atomic E-state index is 13.6. The van der Waals surface area contributed by atoms with Crippen LogP contribution in [0.3, 0.4) is 0 Å². The van der Waals surface area contributed by atoms with Gasteiger partial charge < -0.3 is 60.4 Å². The molecule has 0 saturated carbocycles. The highest BCUT2D eigenvalue weighted by Crippen LogP contribution is 2.53. The largest absolute Gasteiger partial charge is 0.507 e. The van der Waals surface area contributed by atoms with Gasteiger partial charge in [-0.25, -0.2) is 0 Å². The number of phenols is 3. The molecule has 0 radical (unpaired) electrons. The van der Waals surface area contributed by atoms with Crippen molar-refractivity contribution < 1.29 is 64.3 Å². The number of ketones is 2. The number of hydrogen-bond acceptors (Lipinski definition) is 14. The summed E-state index contributed by atoms with van der Waals surface area (Å²) >= 11 is 0. The molecule has 14 heteroatoms.